The second-order valence-electron chi connectivity index (χ2n) is 3.79. The van der Waals surface area contributed by atoms with Crippen LogP contribution in [0, 0.1) is 4.91 Å². The second-order valence-corrected chi connectivity index (χ2v) is 3.79. The lowest BCUT2D eigenvalue weighted by atomic mass is 9.94. The van der Waals surface area contributed by atoms with Gasteiger partial charge in [-0.2, -0.15) is 0 Å². The molecule has 1 aliphatic rings. The average molecular weight is 204 g/mol. The first kappa shape index (κ1) is 9.98. The number of nitrogens with one attached hydrogen (secondary N) is 1. The fourth-order valence-corrected chi connectivity index (χ4v) is 1.85. The maximum absolute atomic E-state index is 11.2. The molecule has 1 aromatic rings. The first-order valence-electron chi connectivity index (χ1n) is 4.89. The molecule has 1 aromatic carbocycles. The van der Waals surface area contributed by atoms with E-state index in [1.807, 2.05) is 6.07 Å². The highest BCUT2D eigenvalue weighted by molar-refractivity contribution is 5.82. The smallest absolute Gasteiger partial charge is 0.147 e. The molecule has 4 heteroatoms. The topological polar surface area (TPSA) is 58.5 Å². The third-order valence-electron chi connectivity index (χ3n) is 2.75. The Labute approximate surface area is 87.7 Å². The van der Waals surface area contributed by atoms with E-state index in [-0.39, 0.29) is 11.8 Å². The minimum absolute atomic E-state index is 0.0902. The fourth-order valence-electron chi connectivity index (χ4n) is 1.85. The summed E-state index contributed by atoms with van der Waals surface area (Å²) < 4.78 is 0. The Balaban J connectivity index is 2.28. The lowest BCUT2D eigenvalue weighted by molar-refractivity contribution is -0.119. The molecule has 1 heterocycles. The highest BCUT2D eigenvalue weighted by atomic mass is 16.3. The molecule has 0 aromatic heterocycles. The third kappa shape index (κ3) is 1.94. The molecular formula is C11H12N2O2. The first-order valence-corrected chi connectivity index (χ1v) is 4.89. The zero-order valence-electron chi connectivity index (χ0n) is 8.49. The number of Topliss-reactive ketones (excluding diaryl/α,β-unsaturated/α-hetero) is 1. The summed E-state index contributed by atoms with van der Waals surface area (Å²) in [5, 5.41) is 6.02. The number of benzene rings is 1. The van der Waals surface area contributed by atoms with Crippen molar-refractivity contribution in [3.8, 4) is 0 Å². The van der Waals surface area contributed by atoms with E-state index in [4.69, 9.17) is 0 Å². The van der Waals surface area contributed by atoms with Crippen LogP contribution in [0.25, 0.3) is 0 Å². The SMILES string of the molecule is CC(=O)C1Cc2ccc(N=O)cc2CN1. The molecule has 0 spiro atoms. The normalized spacial score (nSPS) is 19.4. The van der Waals surface area contributed by atoms with Crippen molar-refractivity contribution in [3.05, 3.63) is 34.2 Å². The summed E-state index contributed by atoms with van der Waals surface area (Å²) in [5.74, 6) is 0.151. The van der Waals surface area contributed by atoms with Crippen molar-refractivity contribution < 1.29 is 4.79 Å². The largest absolute Gasteiger partial charge is 0.303 e. The molecule has 1 N–H and O–H groups in total. The molecule has 4 nitrogen and oxygen atoms in total. The Morgan fingerprint density at radius 1 is 1.47 bits per heavy atom. The summed E-state index contributed by atoms with van der Waals surface area (Å²) in [6, 6.07) is 5.25. The van der Waals surface area contributed by atoms with Gasteiger partial charge in [0, 0.05) is 6.54 Å². The predicted molar refractivity (Wildman–Crippen MR) is 56.9 cm³/mol. The quantitative estimate of drug-likeness (QED) is 0.746. The lowest BCUT2D eigenvalue weighted by Gasteiger charge is -2.24. The molecule has 0 amide bonds. The van der Waals surface area contributed by atoms with Crippen LogP contribution in [0.3, 0.4) is 0 Å². The van der Waals surface area contributed by atoms with Crippen molar-refractivity contribution in [1.29, 1.82) is 0 Å². The Kier molecular flexibility index (Phi) is 2.60. The van der Waals surface area contributed by atoms with Crippen molar-refractivity contribution in [3.63, 3.8) is 0 Å². The average Bonchev–Trinajstić information content (AvgIpc) is 2.27. The zero-order chi connectivity index (χ0) is 10.8. The number of ketones is 1. The van der Waals surface area contributed by atoms with Crippen molar-refractivity contribution >= 4 is 11.5 Å². The molecule has 0 saturated carbocycles. The lowest BCUT2D eigenvalue weighted by Crippen LogP contribution is -2.40. The number of nitroso groups, excluding NO2 is 1. The summed E-state index contributed by atoms with van der Waals surface area (Å²) in [4.78, 5) is 21.5. The number of rotatable bonds is 2. The van der Waals surface area contributed by atoms with Crippen LogP contribution in [-0.2, 0) is 17.8 Å². The molecule has 1 atom stereocenters. The van der Waals surface area contributed by atoms with Gasteiger partial charge in [-0.15, -0.1) is 4.91 Å². The molecular weight excluding hydrogens is 192 g/mol. The van der Waals surface area contributed by atoms with Crippen molar-refractivity contribution in [2.75, 3.05) is 0 Å². The van der Waals surface area contributed by atoms with Gasteiger partial charge in [0.05, 0.1) is 6.04 Å². The molecule has 0 saturated heterocycles. The summed E-state index contributed by atoms with van der Waals surface area (Å²) in [5.41, 5.74) is 2.63. The summed E-state index contributed by atoms with van der Waals surface area (Å²) in [7, 11) is 0. The van der Waals surface area contributed by atoms with Gasteiger partial charge in [-0.3, -0.25) is 4.79 Å². The Morgan fingerprint density at radius 3 is 2.93 bits per heavy atom. The minimum atomic E-state index is -0.0902. The van der Waals surface area contributed by atoms with E-state index >= 15 is 0 Å². The van der Waals surface area contributed by atoms with Crippen molar-refractivity contribution in [2.45, 2.75) is 25.9 Å². The predicted octanol–water partition coefficient (Wildman–Crippen LogP) is 1.69. The van der Waals surface area contributed by atoms with Crippen LogP contribution in [0.15, 0.2) is 23.4 Å². The van der Waals surface area contributed by atoms with Gasteiger partial charge in [0.2, 0.25) is 0 Å². The van der Waals surface area contributed by atoms with Crippen LogP contribution in [0.2, 0.25) is 0 Å². The maximum Gasteiger partial charge on any atom is 0.147 e. The highest BCUT2D eigenvalue weighted by Gasteiger charge is 2.21. The second kappa shape index (κ2) is 3.90. The van der Waals surface area contributed by atoms with Gasteiger partial charge >= 0.3 is 0 Å². The van der Waals surface area contributed by atoms with Gasteiger partial charge in [0.25, 0.3) is 0 Å². The van der Waals surface area contributed by atoms with Gasteiger partial charge in [-0.05, 0) is 41.8 Å². The van der Waals surface area contributed by atoms with Crippen LogP contribution >= 0.6 is 0 Å². The van der Waals surface area contributed by atoms with Gasteiger partial charge in [-0.1, -0.05) is 6.07 Å². The molecule has 0 aliphatic carbocycles. The monoisotopic (exact) mass is 204 g/mol. The molecule has 1 unspecified atom stereocenters. The van der Waals surface area contributed by atoms with Crippen LogP contribution in [0.4, 0.5) is 5.69 Å². The van der Waals surface area contributed by atoms with Crippen LogP contribution in [0.1, 0.15) is 18.1 Å². The van der Waals surface area contributed by atoms with E-state index in [0.717, 1.165) is 11.1 Å². The number of carbonyl (C=O) groups excluding carboxylic acids is 1. The number of carbonyl (C=O) groups is 1. The van der Waals surface area contributed by atoms with Gasteiger partial charge in [-0.25, -0.2) is 0 Å². The van der Waals surface area contributed by atoms with Crippen LogP contribution in [-0.4, -0.2) is 11.8 Å². The molecule has 0 radical (unpaired) electrons. The van der Waals surface area contributed by atoms with E-state index in [1.165, 1.54) is 0 Å². The van der Waals surface area contributed by atoms with E-state index in [2.05, 4.69) is 10.5 Å². The van der Waals surface area contributed by atoms with E-state index in [0.29, 0.717) is 18.7 Å². The summed E-state index contributed by atoms with van der Waals surface area (Å²) in [6.45, 7) is 2.22. The van der Waals surface area contributed by atoms with Gasteiger partial charge in [0.1, 0.15) is 11.5 Å². The molecule has 1 aliphatic heterocycles. The first-order chi connectivity index (χ1) is 7.20. The standard InChI is InChI=1S/C11H12N2O2/c1-7(14)11-5-8-2-3-10(13-15)4-9(8)6-12-11/h2-4,11-12H,5-6H2,1H3. The molecule has 15 heavy (non-hydrogen) atoms. The Bertz CT molecular complexity index is 415. The maximum atomic E-state index is 11.2. The van der Waals surface area contributed by atoms with E-state index in [1.54, 1.807) is 19.1 Å². The van der Waals surface area contributed by atoms with Crippen LogP contribution < -0.4 is 5.32 Å². The number of fused-ring (bicyclic) bond motifs is 1. The summed E-state index contributed by atoms with van der Waals surface area (Å²) in [6.07, 6.45) is 0.698. The van der Waals surface area contributed by atoms with Crippen molar-refractivity contribution in [1.82, 2.24) is 5.32 Å². The molecule has 0 bridgehead atoms. The van der Waals surface area contributed by atoms with Gasteiger partial charge < -0.3 is 5.32 Å². The Morgan fingerprint density at radius 2 is 2.27 bits per heavy atom. The van der Waals surface area contributed by atoms with Gasteiger partial charge in [0.15, 0.2) is 0 Å². The fraction of sp³-hybridized carbons (Fsp3) is 0.364. The summed E-state index contributed by atoms with van der Waals surface area (Å²) >= 11 is 0. The molecule has 0 fully saturated rings. The number of hydrogen-bond acceptors (Lipinski definition) is 4. The van der Waals surface area contributed by atoms with E-state index in [9.17, 15) is 9.70 Å². The third-order valence-corrected chi connectivity index (χ3v) is 2.75. The van der Waals surface area contributed by atoms with Crippen LogP contribution in [0.5, 0.6) is 0 Å². The molecule has 78 valence electrons. The number of hydrogen-bond donors (Lipinski definition) is 1. The minimum Gasteiger partial charge on any atom is -0.303 e. The van der Waals surface area contributed by atoms with E-state index < -0.39 is 0 Å². The molecule has 2 rings (SSSR count). The Hall–Kier alpha value is -1.55. The number of nitrogens with zero attached hydrogens (tertiary/aromatic N) is 1. The highest BCUT2D eigenvalue weighted by Crippen LogP contribution is 2.22. The van der Waals surface area contributed by atoms with Crippen molar-refractivity contribution in [2.24, 2.45) is 5.18 Å². The zero-order valence-corrected chi connectivity index (χ0v) is 8.49.